The molecule has 1 saturated carbocycles. The molecule has 1 N–H and O–H groups in total. The molecule has 0 saturated heterocycles. The summed E-state index contributed by atoms with van der Waals surface area (Å²) >= 11 is 16.8. The highest BCUT2D eigenvalue weighted by Gasteiger charge is 2.87. The fourth-order valence-corrected chi connectivity index (χ4v) is 9.10. The van der Waals surface area contributed by atoms with E-state index in [9.17, 15) is 9.90 Å². The minimum Gasteiger partial charge on any atom is -0.481 e. The van der Waals surface area contributed by atoms with Crippen molar-refractivity contribution in [1.29, 1.82) is 0 Å². The Kier molecular flexibility index (Phi) is 5.55. The summed E-state index contributed by atoms with van der Waals surface area (Å²) in [6, 6.07) is 8.68. The van der Waals surface area contributed by atoms with Crippen LogP contribution < -0.4 is 0 Å². The number of aryl methyl sites for hydroxylation is 1. The van der Waals surface area contributed by atoms with Gasteiger partial charge in [-0.25, -0.2) is 0 Å². The third-order valence-electron chi connectivity index (χ3n) is 7.52. The molecule has 2 aromatic rings. The number of carbonyl (C=O) groups is 1. The van der Waals surface area contributed by atoms with Crippen molar-refractivity contribution in [3.05, 3.63) is 46.3 Å². The number of halogens is 4. The molecule has 29 heavy (non-hydrogen) atoms. The van der Waals surface area contributed by atoms with E-state index in [1.165, 1.54) is 21.6 Å². The topological polar surface area (TPSA) is 37.3 Å². The number of fused-ring (bicyclic) bond motifs is 3. The summed E-state index contributed by atoms with van der Waals surface area (Å²) < 4.78 is -0.640. The molecule has 1 fully saturated rings. The summed E-state index contributed by atoms with van der Waals surface area (Å²) in [5.74, 6) is -0.758. The number of aliphatic carboxylic acids is 1. The first kappa shape index (κ1) is 22.5. The minimum atomic E-state index is -0.922. The molecular formula is C22H22Br4O2S. The van der Waals surface area contributed by atoms with Crippen molar-refractivity contribution in [3.63, 3.8) is 0 Å². The lowest BCUT2D eigenvalue weighted by molar-refractivity contribution is -0.144. The molecule has 3 atom stereocenters. The van der Waals surface area contributed by atoms with Gasteiger partial charge in [-0.2, -0.15) is 0 Å². The lowest BCUT2D eigenvalue weighted by atomic mass is 9.78. The highest BCUT2D eigenvalue weighted by Crippen LogP contribution is 2.83. The lowest BCUT2D eigenvalue weighted by Gasteiger charge is -2.35. The molecule has 0 bridgehead atoms. The maximum Gasteiger partial charge on any atom is 0.310 e. The van der Waals surface area contributed by atoms with Crippen LogP contribution in [0.3, 0.4) is 0 Å². The Labute approximate surface area is 209 Å². The number of benzene rings is 1. The molecule has 2 aliphatic rings. The van der Waals surface area contributed by atoms with Crippen LogP contribution in [0.4, 0.5) is 0 Å². The van der Waals surface area contributed by atoms with Crippen molar-refractivity contribution in [2.24, 2.45) is 10.8 Å². The number of hydrogen-bond donors (Lipinski definition) is 1. The van der Waals surface area contributed by atoms with Gasteiger partial charge in [-0.1, -0.05) is 95.8 Å². The van der Waals surface area contributed by atoms with Gasteiger partial charge in [0.1, 0.15) is 2.14 Å². The zero-order valence-corrected chi connectivity index (χ0v) is 23.5. The number of thiophene rings is 1. The standard InChI is InChI=1S/C22H22Br4O2S/c1-19(2)20(3,18(27)28)21(19,17(23)22(24,25)26)15-9-5-8-14-13(15)7-4-6-12-10-11-29-16(12)14/h5,8-11,17H,4,6-7H2,1-3H3,(H,27,28)/t17?,20-,21-/m0/s1. The van der Waals surface area contributed by atoms with Crippen LogP contribution in [-0.4, -0.2) is 18.0 Å². The first-order valence-electron chi connectivity index (χ1n) is 9.55. The van der Waals surface area contributed by atoms with Crippen LogP contribution in [0.5, 0.6) is 0 Å². The molecule has 1 aromatic carbocycles. The van der Waals surface area contributed by atoms with Crippen molar-refractivity contribution in [2.75, 3.05) is 0 Å². The van der Waals surface area contributed by atoms with E-state index in [0.29, 0.717) is 0 Å². The zero-order valence-electron chi connectivity index (χ0n) is 16.4. The maximum atomic E-state index is 12.6. The van der Waals surface area contributed by atoms with Gasteiger partial charge in [-0.3, -0.25) is 4.79 Å². The Balaban J connectivity index is 2.04. The van der Waals surface area contributed by atoms with E-state index >= 15 is 0 Å². The van der Waals surface area contributed by atoms with Crippen molar-refractivity contribution >= 4 is 81.0 Å². The summed E-state index contributed by atoms with van der Waals surface area (Å²) in [5.41, 5.74) is 3.12. The molecule has 1 aromatic heterocycles. The Morgan fingerprint density at radius 3 is 2.45 bits per heavy atom. The van der Waals surface area contributed by atoms with Crippen LogP contribution >= 0.6 is 75.1 Å². The highest BCUT2D eigenvalue weighted by molar-refractivity contribution is 9.40. The van der Waals surface area contributed by atoms with Crippen LogP contribution in [-0.2, 0) is 23.1 Å². The number of hydrogen-bond acceptors (Lipinski definition) is 2. The van der Waals surface area contributed by atoms with Gasteiger partial charge in [0.15, 0.2) is 0 Å². The van der Waals surface area contributed by atoms with E-state index in [1.54, 1.807) is 11.3 Å². The van der Waals surface area contributed by atoms with Gasteiger partial charge < -0.3 is 5.11 Å². The zero-order chi connectivity index (χ0) is 21.4. The van der Waals surface area contributed by atoms with Crippen LogP contribution in [0, 0.1) is 10.8 Å². The molecule has 2 nitrogen and oxygen atoms in total. The van der Waals surface area contributed by atoms with Gasteiger partial charge in [0, 0.05) is 10.3 Å². The molecule has 0 spiro atoms. The smallest absolute Gasteiger partial charge is 0.310 e. The van der Waals surface area contributed by atoms with E-state index in [-0.39, 0.29) is 4.83 Å². The van der Waals surface area contributed by atoms with Crippen LogP contribution in [0.1, 0.15) is 43.9 Å². The molecule has 0 aliphatic heterocycles. The first-order valence-corrected chi connectivity index (χ1v) is 13.7. The molecule has 2 aliphatic carbocycles. The van der Waals surface area contributed by atoms with E-state index in [4.69, 9.17) is 0 Å². The molecule has 0 radical (unpaired) electrons. The molecule has 4 rings (SSSR count). The summed E-state index contributed by atoms with van der Waals surface area (Å²) in [6.45, 7) is 6.07. The average Bonchev–Trinajstić information content (AvgIpc) is 2.89. The van der Waals surface area contributed by atoms with Gasteiger partial charge in [-0.15, -0.1) is 11.3 Å². The summed E-state index contributed by atoms with van der Waals surface area (Å²) in [4.78, 5) is 13.8. The summed E-state index contributed by atoms with van der Waals surface area (Å²) in [6.07, 6.45) is 3.10. The van der Waals surface area contributed by atoms with E-state index in [1.807, 2.05) is 6.92 Å². The Morgan fingerprint density at radius 1 is 1.17 bits per heavy atom. The number of rotatable bonds is 3. The quantitative estimate of drug-likeness (QED) is 0.338. The van der Waals surface area contributed by atoms with Gasteiger partial charge in [0.2, 0.25) is 0 Å². The van der Waals surface area contributed by atoms with Gasteiger partial charge in [-0.05, 0) is 65.3 Å². The number of alkyl halides is 4. The summed E-state index contributed by atoms with van der Waals surface area (Å²) in [5, 5.41) is 12.5. The second-order valence-electron chi connectivity index (χ2n) is 8.73. The molecule has 7 heteroatoms. The van der Waals surface area contributed by atoms with Crippen LogP contribution in [0.2, 0.25) is 0 Å². The monoisotopic (exact) mass is 666 g/mol. The van der Waals surface area contributed by atoms with E-state index in [2.05, 4.69) is 107 Å². The third-order valence-corrected chi connectivity index (χ3v) is 13.1. The van der Waals surface area contributed by atoms with Crippen molar-refractivity contribution in [3.8, 4) is 10.4 Å². The first-order chi connectivity index (χ1) is 13.4. The number of carboxylic acid groups (broad SMARTS) is 1. The Morgan fingerprint density at radius 2 is 1.86 bits per heavy atom. The predicted octanol–water partition coefficient (Wildman–Crippen LogP) is 7.87. The fourth-order valence-electron chi connectivity index (χ4n) is 5.79. The van der Waals surface area contributed by atoms with E-state index in [0.717, 1.165) is 24.8 Å². The maximum absolute atomic E-state index is 12.6. The fraction of sp³-hybridized carbons (Fsp3) is 0.500. The van der Waals surface area contributed by atoms with Crippen LogP contribution in [0.15, 0.2) is 29.6 Å². The second-order valence-corrected chi connectivity index (χ2v) is 17.5. The molecule has 0 amide bonds. The largest absolute Gasteiger partial charge is 0.481 e. The Bertz CT molecular complexity index is 993. The normalized spacial score (nSPS) is 28.8. The van der Waals surface area contributed by atoms with Crippen molar-refractivity contribution in [1.82, 2.24) is 0 Å². The average molecular weight is 670 g/mol. The molecular weight excluding hydrogens is 648 g/mol. The number of carboxylic acids is 1. The third kappa shape index (κ3) is 2.82. The SMILES string of the molecule is CC1(C)[C@](C)(C(=O)O)[C@@]1(c1cccc2c1CCCc1ccsc1-2)C(Br)C(Br)(Br)Br. The van der Waals surface area contributed by atoms with Crippen LogP contribution in [0.25, 0.3) is 10.4 Å². The lowest BCUT2D eigenvalue weighted by Crippen LogP contribution is -2.39. The Hall–Kier alpha value is 0.310. The summed E-state index contributed by atoms with van der Waals surface area (Å²) in [7, 11) is 0. The minimum absolute atomic E-state index is 0.212. The van der Waals surface area contributed by atoms with Crippen molar-refractivity contribution in [2.45, 2.75) is 52.4 Å². The second kappa shape index (κ2) is 7.16. The van der Waals surface area contributed by atoms with Gasteiger partial charge >= 0.3 is 5.97 Å². The highest BCUT2D eigenvalue weighted by atomic mass is 80.0. The van der Waals surface area contributed by atoms with Gasteiger partial charge in [0.05, 0.1) is 10.2 Å². The van der Waals surface area contributed by atoms with Crippen molar-refractivity contribution < 1.29 is 9.90 Å². The molecule has 156 valence electrons. The molecule has 1 heterocycles. The predicted molar refractivity (Wildman–Crippen MR) is 135 cm³/mol. The van der Waals surface area contributed by atoms with Gasteiger partial charge in [0.25, 0.3) is 0 Å². The molecule has 1 unspecified atom stereocenters. The van der Waals surface area contributed by atoms with E-state index < -0.39 is 24.4 Å².